The van der Waals surface area contributed by atoms with Crippen LogP contribution < -0.4 is 10.1 Å². The van der Waals surface area contributed by atoms with Crippen molar-refractivity contribution in [1.29, 1.82) is 0 Å². The second-order valence-corrected chi connectivity index (χ2v) is 6.17. The number of methoxy groups -OCH3 is 1. The van der Waals surface area contributed by atoms with Crippen molar-refractivity contribution in [3.63, 3.8) is 0 Å². The number of hydrogen-bond donors (Lipinski definition) is 2. The van der Waals surface area contributed by atoms with Gasteiger partial charge in [-0.25, -0.2) is 0 Å². The summed E-state index contributed by atoms with van der Waals surface area (Å²) in [5, 5.41) is 13.3. The second kappa shape index (κ2) is 6.01. The molecule has 3 nitrogen and oxygen atoms in total. The van der Waals surface area contributed by atoms with E-state index in [2.05, 4.69) is 31.3 Å². The van der Waals surface area contributed by atoms with Gasteiger partial charge in [0.25, 0.3) is 0 Å². The van der Waals surface area contributed by atoms with E-state index < -0.39 is 0 Å². The highest BCUT2D eigenvalue weighted by atomic mass is 16.5. The van der Waals surface area contributed by atoms with Gasteiger partial charge >= 0.3 is 0 Å². The molecule has 0 spiro atoms. The molecule has 2 N–H and O–H groups in total. The molecule has 0 saturated heterocycles. The van der Waals surface area contributed by atoms with Crippen molar-refractivity contribution in [3.05, 3.63) is 58.7 Å². The minimum absolute atomic E-state index is 0.174. The standard InChI is InChI=1S/C19H23NO2/c1-12(2)18-11-15(22-3)5-7-17(18)19-16-6-4-14(21)10-13(16)8-9-20-19/h4-7,10-12,19-21H,8-9H2,1-3H3. The fourth-order valence-electron chi connectivity index (χ4n) is 3.27. The van der Waals surface area contributed by atoms with Crippen LogP contribution in [-0.4, -0.2) is 18.8 Å². The monoisotopic (exact) mass is 297 g/mol. The minimum atomic E-state index is 0.174. The zero-order valence-electron chi connectivity index (χ0n) is 13.4. The first-order valence-corrected chi connectivity index (χ1v) is 7.83. The zero-order chi connectivity index (χ0) is 15.7. The number of benzene rings is 2. The maximum Gasteiger partial charge on any atom is 0.119 e. The summed E-state index contributed by atoms with van der Waals surface area (Å²) in [5.74, 6) is 1.67. The van der Waals surface area contributed by atoms with Crippen LogP contribution in [0.1, 0.15) is 48.1 Å². The van der Waals surface area contributed by atoms with Crippen molar-refractivity contribution in [2.75, 3.05) is 13.7 Å². The van der Waals surface area contributed by atoms with Gasteiger partial charge in [0.15, 0.2) is 0 Å². The third-order valence-corrected chi connectivity index (χ3v) is 4.41. The van der Waals surface area contributed by atoms with E-state index in [9.17, 15) is 5.11 Å². The van der Waals surface area contributed by atoms with Crippen LogP contribution in [-0.2, 0) is 6.42 Å². The molecule has 3 heteroatoms. The van der Waals surface area contributed by atoms with E-state index in [1.807, 2.05) is 18.2 Å². The molecule has 1 unspecified atom stereocenters. The summed E-state index contributed by atoms with van der Waals surface area (Å²) in [5.41, 5.74) is 5.09. The first-order chi connectivity index (χ1) is 10.6. The van der Waals surface area contributed by atoms with E-state index in [1.165, 1.54) is 22.3 Å². The molecule has 0 radical (unpaired) electrons. The van der Waals surface area contributed by atoms with Crippen LogP contribution in [0.2, 0.25) is 0 Å². The highest BCUT2D eigenvalue weighted by Crippen LogP contribution is 2.36. The van der Waals surface area contributed by atoms with Crippen LogP contribution in [0.3, 0.4) is 0 Å². The van der Waals surface area contributed by atoms with Gasteiger partial charge in [-0.3, -0.25) is 0 Å². The van der Waals surface area contributed by atoms with Crippen molar-refractivity contribution in [1.82, 2.24) is 5.32 Å². The average Bonchev–Trinajstić information content (AvgIpc) is 2.53. The number of hydrogen-bond acceptors (Lipinski definition) is 3. The van der Waals surface area contributed by atoms with E-state index >= 15 is 0 Å². The van der Waals surface area contributed by atoms with Crippen LogP contribution in [0.4, 0.5) is 0 Å². The average molecular weight is 297 g/mol. The highest BCUT2D eigenvalue weighted by molar-refractivity contribution is 5.48. The van der Waals surface area contributed by atoms with Gasteiger partial charge in [0.05, 0.1) is 13.2 Å². The third-order valence-electron chi connectivity index (χ3n) is 4.41. The molecular weight excluding hydrogens is 274 g/mol. The maximum absolute atomic E-state index is 9.72. The molecule has 0 aromatic heterocycles. The number of phenols is 1. The predicted molar refractivity (Wildman–Crippen MR) is 88.7 cm³/mol. The van der Waals surface area contributed by atoms with E-state index in [0.717, 1.165) is 18.7 Å². The molecule has 1 aliphatic rings. The van der Waals surface area contributed by atoms with Crippen molar-refractivity contribution in [2.24, 2.45) is 0 Å². The SMILES string of the molecule is COc1ccc(C2NCCc3cc(O)ccc32)c(C(C)C)c1. The van der Waals surface area contributed by atoms with Gasteiger partial charge in [-0.2, -0.15) is 0 Å². The van der Waals surface area contributed by atoms with Crippen LogP contribution in [0.25, 0.3) is 0 Å². The second-order valence-electron chi connectivity index (χ2n) is 6.17. The minimum Gasteiger partial charge on any atom is -0.508 e. The molecule has 2 aromatic rings. The Hall–Kier alpha value is -2.00. The summed E-state index contributed by atoms with van der Waals surface area (Å²) in [4.78, 5) is 0. The number of ether oxygens (including phenoxy) is 1. The van der Waals surface area contributed by atoms with Gasteiger partial charge in [-0.15, -0.1) is 0 Å². The fourth-order valence-corrected chi connectivity index (χ4v) is 3.27. The molecule has 3 rings (SSSR count). The Morgan fingerprint density at radius 1 is 1.14 bits per heavy atom. The quantitative estimate of drug-likeness (QED) is 0.906. The summed E-state index contributed by atoms with van der Waals surface area (Å²) in [6, 6.07) is 12.2. The third kappa shape index (κ3) is 2.69. The van der Waals surface area contributed by atoms with Crippen molar-refractivity contribution < 1.29 is 9.84 Å². The van der Waals surface area contributed by atoms with Gasteiger partial charge in [0.2, 0.25) is 0 Å². The van der Waals surface area contributed by atoms with Gasteiger partial charge in [-0.1, -0.05) is 26.0 Å². The fraction of sp³-hybridized carbons (Fsp3) is 0.368. The molecular formula is C19H23NO2. The van der Waals surface area contributed by atoms with Gasteiger partial charge in [0.1, 0.15) is 11.5 Å². The lowest BCUT2D eigenvalue weighted by molar-refractivity contribution is 0.413. The van der Waals surface area contributed by atoms with Crippen molar-refractivity contribution in [2.45, 2.75) is 32.2 Å². The smallest absolute Gasteiger partial charge is 0.119 e. The Kier molecular flexibility index (Phi) is 4.08. The molecule has 0 bridgehead atoms. The summed E-state index contributed by atoms with van der Waals surface area (Å²) in [7, 11) is 1.70. The van der Waals surface area contributed by atoms with Crippen LogP contribution in [0.5, 0.6) is 11.5 Å². The molecule has 22 heavy (non-hydrogen) atoms. The predicted octanol–water partition coefficient (Wildman–Crippen LogP) is 3.76. The highest BCUT2D eigenvalue weighted by Gasteiger charge is 2.24. The van der Waals surface area contributed by atoms with Crippen molar-refractivity contribution >= 4 is 0 Å². The van der Waals surface area contributed by atoms with E-state index in [4.69, 9.17) is 4.74 Å². The molecule has 0 amide bonds. The first-order valence-electron chi connectivity index (χ1n) is 7.83. The van der Waals surface area contributed by atoms with Gasteiger partial charge in [0, 0.05) is 6.54 Å². The van der Waals surface area contributed by atoms with Gasteiger partial charge < -0.3 is 15.2 Å². The molecule has 0 fully saturated rings. The largest absolute Gasteiger partial charge is 0.508 e. The van der Waals surface area contributed by atoms with Crippen LogP contribution >= 0.6 is 0 Å². The van der Waals surface area contributed by atoms with E-state index in [1.54, 1.807) is 13.2 Å². The number of aromatic hydroxyl groups is 1. The van der Waals surface area contributed by atoms with Gasteiger partial charge in [-0.05, 0) is 58.9 Å². The molecule has 1 heterocycles. The number of nitrogens with one attached hydrogen (secondary N) is 1. The lowest BCUT2D eigenvalue weighted by atomic mass is 9.85. The Morgan fingerprint density at radius 2 is 1.91 bits per heavy atom. The van der Waals surface area contributed by atoms with E-state index in [0.29, 0.717) is 11.7 Å². The first kappa shape index (κ1) is 14.9. The van der Waals surface area contributed by atoms with E-state index in [-0.39, 0.29) is 6.04 Å². The number of fused-ring (bicyclic) bond motifs is 1. The zero-order valence-corrected chi connectivity index (χ0v) is 13.4. The molecule has 1 aliphatic heterocycles. The summed E-state index contributed by atoms with van der Waals surface area (Å²) >= 11 is 0. The molecule has 0 aliphatic carbocycles. The Morgan fingerprint density at radius 3 is 2.64 bits per heavy atom. The normalized spacial score (nSPS) is 17.4. The molecule has 0 saturated carbocycles. The summed E-state index contributed by atoms with van der Waals surface area (Å²) < 4.78 is 5.38. The topological polar surface area (TPSA) is 41.5 Å². The molecule has 1 atom stereocenters. The lowest BCUT2D eigenvalue weighted by Crippen LogP contribution is -2.31. The molecule has 116 valence electrons. The van der Waals surface area contributed by atoms with Crippen LogP contribution in [0.15, 0.2) is 36.4 Å². The van der Waals surface area contributed by atoms with Crippen molar-refractivity contribution in [3.8, 4) is 11.5 Å². The Bertz CT molecular complexity index is 679. The van der Waals surface area contributed by atoms with Crippen LogP contribution in [0, 0.1) is 0 Å². The Balaban J connectivity index is 2.09. The summed E-state index contributed by atoms with van der Waals surface area (Å²) in [6.07, 6.45) is 0.952. The lowest BCUT2D eigenvalue weighted by Gasteiger charge is -2.30. The number of rotatable bonds is 3. The number of phenolic OH excluding ortho intramolecular Hbond substituents is 1. The Labute approximate surface area is 131 Å². The molecule has 2 aromatic carbocycles. The maximum atomic E-state index is 9.72. The summed E-state index contributed by atoms with van der Waals surface area (Å²) in [6.45, 7) is 5.34.